The maximum atomic E-state index is 13.2. The van der Waals surface area contributed by atoms with Gasteiger partial charge >= 0.3 is 12.1 Å². The molecule has 0 bridgehead atoms. The number of carboxylic acids is 1. The highest BCUT2D eigenvalue weighted by Crippen LogP contribution is 2.44. The van der Waals surface area contributed by atoms with Crippen LogP contribution in [-0.4, -0.2) is 64.7 Å². The van der Waals surface area contributed by atoms with Crippen LogP contribution in [0.25, 0.3) is 11.1 Å². The van der Waals surface area contributed by atoms with Crippen molar-refractivity contribution in [2.45, 2.75) is 30.8 Å². The molecular weight excluding hydrogens is 452 g/mol. The maximum absolute atomic E-state index is 13.2. The molecule has 1 heterocycles. The Kier molecular flexibility index (Phi) is 7.57. The predicted molar refractivity (Wildman–Crippen MR) is 132 cm³/mol. The Morgan fingerprint density at radius 1 is 1.15 bits per heavy atom. The average molecular weight is 481 g/mol. The van der Waals surface area contributed by atoms with Gasteiger partial charge in [-0.05, 0) is 28.7 Å². The zero-order valence-corrected chi connectivity index (χ0v) is 19.6. The van der Waals surface area contributed by atoms with E-state index < -0.39 is 24.1 Å². The van der Waals surface area contributed by atoms with Crippen molar-refractivity contribution >= 4 is 29.7 Å². The third-order valence-corrected chi connectivity index (χ3v) is 7.35. The summed E-state index contributed by atoms with van der Waals surface area (Å²) in [6.45, 7) is 4.30. The largest absolute Gasteiger partial charge is 0.481 e. The van der Waals surface area contributed by atoms with Gasteiger partial charge in [-0.2, -0.15) is 11.8 Å². The highest BCUT2D eigenvalue weighted by molar-refractivity contribution is 7.99. The summed E-state index contributed by atoms with van der Waals surface area (Å²) in [5.41, 5.74) is 4.49. The first-order valence-electron chi connectivity index (χ1n) is 11.3. The van der Waals surface area contributed by atoms with Crippen LogP contribution in [0.4, 0.5) is 4.79 Å². The normalized spacial score (nSPS) is 17.9. The molecule has 1 aliphatic carbocycles. The lowest BCUT2D eigenvalue weighted by Gasteiger charge is -2.36. The number of rotatable bonds is 8. The number of fused-ring (bicyclic) bond motifs is 3. The molecule has 0 saturated carbocycles. The number of benzene rings is 2. The summed E-state index contributed by atoms with van der Waals surface area (Å²) in [5, 5.41) is 11.9. The minimum Gasteiger partial charge on any atom is -0.481 e. The molecule has 1 fully saturated rings. The van der Waals surface area contributed by atoms with E-state index in [0.29, 0.717) is 12.3 Å². The fourth-order valence-corrected chi connectivity index (χ4v) is 5.75. The molecule has 0 radical (unpaired) electrons. The number of alkyl carbamates (subject to hydrolysis) is 1. The van der Waals surface area contributed by atoms with E-state index in [1.54, 1.807) is 22.7 Å². The van der Waals surface area contributed by atoms with E-state index in [0.717, 1.165) is 28.0 Å². The van der Waals surface area contributed by atoms with E-state index in [-0.39, 0.29) is 31.3 Å². The summed E-state index contributed by atoms with van der Waals surface area (Å²) >= 11 is 1.63. The van der Waals surface area contributed by atoms with E-state index in [2.05, 4.69) is 24.0 Å². The second kappa shape index (κ2) is 10.8. The first-order chi connectivity index (χ1) is 16.5. The summed E-state index contributed by atoms with van der Waals surface area (Å²) in [5.74, 6) is -0.0435. The van der Waals surface area contributed by atoms with Gasteiger partial charge in [-0.15, -0.1) is 6.58 Å². The van der Waals surface area contributed by atoms with Crippen molar-refractivity contribution in [2.75, 3.05) is 24.7 Å². The minimum atomic E-state index is -0.949. The monoisotopic (exact) mass is 480 g/mol. The Bertz CT molecular complexity index is 1040. The molecule has 178 valence electrons. The van der Waals surface area contributed by atoms with Crippen LogP contribution in [0.15, 0.2) is 61.2 Å². The van der Waals surface area contributed by atoms with E-state index in [1.165, 1.54) is 0 Å². The lowest BCUT2D eigenvalue weighted by atomic mass is 9.98. The Hall–Kier alpha value is -3.26. The first kappa shape index (κ1) is 23.9. The van der Waals surface area contributed by atoms with Crippen LogP contribution >= 0.6 is 11.8 Å². The number of carbonyl (C=O) groups is 3. The molecule has 4 rings (SSSR count). The third kappa shape index (κ3) is 5.12. The molecule has 2 aromatic rings. The van der Waals surface area contributed by atoms with E-state index in [1.807, 2.05) is 36.4 Å². The topological polar surface area (TPSA) is 95.9 Å². The van der Waals surface area contributed by atoms with Gasteiger partial charge in [0, 0.05) is 24.0 Å². The number of nitrogens with one attached hydrogen (secondary N) is 1. The van der Waals surface area contributed by atoms with Crippen molar-refractivity contribution in [1.82, 2.24) is 10.2 Å². The number of carboxylic acid groups (broad SMARTS) is 1. The van der Waals surface area contributed by atoms with Crippen LogP contribution in [0.3, 0.4) is 0 Å². The van der Waals surface area contributed by atoms with E-state index in [9.17, 15) is 19.5 Å². The zero-order valence-electron chi connectivity index (χ0n) is 18.8. The highest BCUT2D eigenvalue weighted by Gasteiger charge is 2.34. The number of aliphatic carboxylic acids is 1. The Morgan fingerprint density at radius 2 is 1.79 bits per heavy atom. The molecule has 34 heavy (non-hydrogen) atoms. The lowest BCUT2D eigenvalue weighted by molar-refractivity contribution is -0.141. The fraction of sp³-hybridized carbons (Fsp3) is 0.346. The van der Waals surface area contributed by atoms with Gasteiger partial charge < -0.3 is 20.1 Å². The number of nitrogens with zero attached hydrogens (tertiary/aromatic N) is 1. The third-order valence-electron chi connectivity index (χ3n) is 6.26. The summed E-state index contributed by atoms with van der Waals surface area (Å²) < 4.78 is 5.59. The molecule has 8 heteroatoms. The SMILES string of the molecule is C=CCC(NC(=O)OCC1c2ccccc2-c2ccccc21)C(=O)N1CCSCC1CC(=O)O. The van der Waals surface area contributed by atoms with Crippen LogP contribution in [0.2, 0.25) is 0 Å². The van der Waals surface area contributed by atoms with Crippen molar-refractivity contribution in [3.63, 3.8) is 0 Å². The lowest BCUT2D eigenvalue weighted by Crippen LogP contribution is -2.55. The highest BCUT2D eigenvalue weighted by atomic mass is 32.2. The summed E-state index contributed by atoms with van der Waals surface area (Å²) in [7, 11) is 0. The summed E-state index contributed by atoms with van der Waals surface area (Å²) in [6, 6.07) is 14.9. The second-order valence-corrected chi connectivity index (χ2v) is 9.55. The Morgan fingerprint density at radius 3 is 2.41 bits per heavy atom. The van der Waals surface area contributed by atoms with Crippen LogP contribution in [0.1, 0.15) is 29.9 Å². The molecule has 2 aliphatic rings. The summed E-state index contributed by atoms with van der Waals surface area (Å²) in [6.07, 6.45) is 0.997. The zero-order chi connectivity index (χ0) is 24.1. The molecule has 2 N–H and O–H groups in total. The Balaban J connectivity index is 1.42. The molecule has 0 spiro atoms. The van der Waals surface area contributed by atoms with Gasteiger partial charge in [0.25, 0.3) is 0 Å². The number of thioether (sulfide) groups is 1. The van der Waals surface area contributed by atoms with Crippen LogP contribution in [-0.2, 0) is 14.3 Å². The fourth-order valence-electron chi connectivity index (χ4n) is 4.69. The van der Waals surface area contributed by atoms with Crippen LogP contribution in [0.5, 0.6) is 0 Å². The number of carbonyl (C=O) groups excluding carboxylic acids is 2. The Labute approximate surface area is 203 Å². The quantitative estimate of drug-likeness (QED) is 0.557. The molecule has 1 aliphatic heterocycles. The number of hydrogen-bond donors (Lipinski definition) is 2. The number of ether oxygens (including phenoxy) is 1. The molecule has 2 amide bonds. The maximum Gasteiger partial charge on any atom is 0.407 e. The molecule has 2 unspecified atom stereocenters. The molecular formula is C26H28N2O5S. The minimum absolute atomic E-state index is 0.0780. The smallest absolute Gasteiger partial charge is 0.407 e. The molecule has 2 atom stereocenters. The van der Waals surface area contributed by atoms with Gasteiger partial charge in [-0.1, -0.05) is 54.6 Å². The van der Waals surface area contributed by atoms with E-state index in [4.69, 9.17) is 4.74 Å². The van der Waals surface area contributed by atoms with Crippen LogP contribution < -0.4 is 5.32 Å². The number of hydrogen-bond acceptors (Lipinski definition) is 5. The van der Waals surface area contributed by atoms with Gasteiger partial charge in [-0.3, -0.25) is 9.59 Å². The van der Waals surface area contributed by atoms with Crippen molar-refractivity contribution in [3.05, 3.63) is 72.3 Å². The van der Waals surface area contributed by atoms with Crippen molar-refractivity contribution < 1.29 is 24.2 Å². The molecule has 1 saturated heterocycles. The van der Waals surface area contributed by atoms with Gasteiger partial charge in [-0.25, -0.2) is 4.79 Å². The standard InChI is InChI=1S/C26H28N2O5S/c1-2-7-23(25(31)28-12-13-34-16-17(28)14-24(29)30)27-26(32)33-15-22-20-10-5-3-8-18(20)19-9-4-6-11-21(19)22/h2-6,8-11,17,22-23H,1,7,12-16H2,(H,27,32)(H,29,30). The second-order valence-electron chi connectivity index (χ2n) is 8.41. The molecule has 2 aromatic carbocycles. The van der Waals surface area contributed by atoms with Crippen molar-refractivity contribution in [2.24, 2.45) is 0 Å². The predicted octanol–water partition coefficient (Wildman–Crippen LogP) is 3.89. The first-order valence-corrected chi connectivity index (χ1v) is 12.5. The molecule has 7 nitrogen and oxygen atoms in total. The van der Waals surface area contributed by atoms with E-state index >= 15 is 0 Å². The van der Waals surface area contributed by atoms with Gasteiger partial charge in [0.15, 0.2) is 0 Å². The van der Waals surface area contributed by atoms with Gasteiger partial charge in [0.1, 0.15) is 12.6 Å². The van der Waals surface area contributed by atoms with Gasteiger partial charge in [0.05, 0.1) is 12.5 Å². The number of amides is 2. The van der Waals surface area contributed by atoms with Crippen molar-refractivity contribution in [3.8, 4) is 11.1 Å². The van der Waals surface area contributed by atoms with Crippen molar-refractivity contribution in [1.29, 1.82) is 0 Å². The average Bonchev–Trinajstić information content (AvgIpc) is 3.16. The van der Waals surface area contributed by atoms with Gasteiger partial charge in [0.2, 0.25) is 5.91 Å². The molecule has 0 aromatic heterocycles. The summed E-state index contributed by atoms with van der Waals surface area (Å²) in [4.78, 5) is 38.7. The van der Waals surface area contributed by atoms with Crippen LogP contribution in [0, 0.1) is 0 Å².